The second-order valence-corrected chi connectivity index (χ2v) is 7.00. The molecule has 3 rings (SSSR count). The molecule has 2 aromatic carbocycles. The van der Waals surface area contributed by atoms with Gasteiger partial charge in [0.2, 0.25) is 0 Å². The maximum atomic E-state index is 12.3. The molecule has 0 spiro atoms. The molecule has 154 valence electrons. The average Bonchev–Trinajstić information content (AvgIpc) is 3.16. The molecule has 1 heterocycles. The zero-order valence-electron chi connectivity index (χ0n) is 16.0. The number of aryl methyl sites for hydroxylation is 1. The van der Waals surface area contributed by atoms with Gasteiger partial charge in [-0.1, -0.05) is 0 Å². The zero-order valence-corrected chi connectivity index (χ0v) is 16.8. The summed E-state index contributed by atoms with van der Waals surface area (Å²) in [4.78, 5) is 35.6. The number of ether oxygens (including phenoxy) is 2. The van der Waals surface area contributed by atoms with Crippen LogP contribution in [0.15, 0.2) is 58.8 Å². The summed E-state index contributed by atoms with van der Waals surface area (Å²) in [5, 5.41) is 19.5. The predicted molar refractivity (Wildman–Crippen MR) is 106 cm³/mol. The Labute approximate surface area is 175 Å². The molecule has 0 atom stereocenters. The number of nitro benzene ring substituents is 1. The summed E-state index contributed by atoms with van der Waals surface area (Å²) in [6, 6.07) is 10.3. The second-order valence-electron chi connectivity index (χ2n) is 5.99. The van der Waals surface area contributed by atoms with Crippen LogP contribution in [0.25, 0.3) is 0 Å². The highest BCUT2D eigenvalue weighted by molar-refractivity contribution is 7.99. The van der Waals surface area contributed by atoms with Gasteiger partial charge >= 0.3 is 5.97 Å². The van der Waals surface area contributed by atoms with Crippen molar-refractivity contribution in [2.75, 3.05) is 13.7 Å². The summed E-state index contributed by atoms with van der Waals surface area (Å²) in [7, 11) is 3.22. The summed E-state index contributed by atoms with van der Waals surface area (Å²) in [5.41, 5.74) is 0.0375. The number of ketones is 1. The third-order valence-electron chi connectivity index (χ3n) is 4.01. The van der Waals surface area contributed by atoms with Gasteiger partial charge in [0.1, 0.15) is 12.1 Å². The van der Waals surface area contributed by atoms with Gasteiger partial charge in [-0.05, 0) is 48.2 Å². The fourth-order valence-corrected chi connectivity index (χ4v) is 3.26. The predicted octanol–water partition coefficient (Wildman–Crippen LogP) is 2.92. The molecule has 0 N–H and O–H groups in total. The Morgan fingerprint density at radius 3 is 2.47 bits per heavy atom. The van der Waals surface area contributed by atoms with Gasteiger partial charge in [-0.15, -0.1) is 10.2 Å². The number of aromatic nitrogens is 3. The Bertz CT molecular complexity index is 1100. The highest BCUT2D eigenvalue weighted by Crippen LogP contribution is 2.34. The van der Waals surface area contributed by atoms with Crippen LogP contribution in [-0.4, -0.2) is 45.2 Å². The molecule has 10 nitrogen and oxygen atoms in total. The Balaban J connectivity index is 1.70. The molecule has 0 aliphatic carbocycles. The number of hydrogen-bond donors (Lipinski definition) is 0. The van der Waals surface area contributed by atoms with Crippen LogP contribution in [0.5, 0.6) is 5.75 Å². The smallest absolute Gasteiger partial charge is 0.338 e. The first-order chi connectivity index (χ1) is 14.4. The van der Waals surface area contributed by atoms with E-state index in [0.29, 0.717) is 21.4 Å². The third kappa shape index (κ3) is 4.81. The van der Waals surface area contributed by atoms with E-state index in [4.69, 9.17) is 9.47 Å². The van der Waals surface area contributed by atoms with Crippen molar-refractivity contribution >= 4 is 29.2 Å². The maximum absolute atomic E-state index is 12.3. The zero-order chi connectivity index (χ0) is 21.7. The Kier molecular flexibility index (Phi) is 6.42. The lowest BCUT2D eigenvalue weighted by Crippen LogP contribution is -2.14. The van der Waals surface area contributed by atoms with E-state index >= 15 is 0 Å². The lowest BCUT2D eigenvalue weighted by atomic mass is 10.1. The highest BCUT2D eigenvalue weighted by atomic mass is 32.2. The van der Waals surface area contributed by atoms with E-state index in [0.717, 1.165) is 17.8 Å². The monoisotopic (exact) mass is 428 g/mol. The number of carbonyl (C=O) groups is 2. The van der Waals surface area contributed by atoms with Gasteiger partial charge in [0.25, 0.3) is 5.69 Å². The van der Waals surface area contributed by atoms with Gasteiger partial charge in [-0.2, -0.15) is 0 Å². The normalized spacial score (nSPS) is 10.5. The van der Waals surface area contributed by atoms with Crippen molar-refractivity contribution in [2.24, 2.45) is 7.05 Å². The standard InChI is InChI=1S/C19H16N4O6S/c1-22-11-20-21-19(22)30-17-8-5-13(9-15(17)23(26)27)18(25)29-10-16(24)12-3-6-14(28-2)7-4-12/h3-9,11H,10H2,1-2H3. The molecule has 0 aliphatic heterocycles. The van der Waals surface area contributed by atoms with Crippen LogP contribution >= 0.6 is 11.8 Å². The van der Waals surface area contributed by atoms with E-state index in [1.807, 2.05) is 0 Å². The van der Waals surface area contributed by atoms with E-state index in [-0.39, 0.29) is 11.3 Å². The Morgan fingerprint density at radius 2 is 1.87 bits per heavy atom. The first kappa shape index (κ1) is 21.0. The lowest BCUT2D eigenvalue weighted by Gasteiger charge is -2.07. The van der Waals surface area contributed by atoms with Gasteiger partial charge in [-0.25, -0.2) is 4.79 Å². The molecule has 0 saturated carbocycles. The van der Waals surface area contributed by atoms with Gasteiger partial charge in [0.05, 0.1) is 22.5 Å². The minimum Gasteiger partial charge on any atom is -0.497 e. The van der Waals surface area contributed by atoms with E-state index in [1.54, 1.807) is 35.9 Å². The van der Waals surface area contributed by atoms with E-state index in [1.165, 1.54) is 25.6 Å². The molecule has 0 saturated heterocycles. The van der Waals surface area contributed by atoms with Crippen LogP contribution in [0.1, 0.15) is 20.7 Å². The third-order valence-corrected chi connectivity index (χ3v) is 5.13. The summed E-state index contributed by atoms with van der Waals surface area (Å²) in [5.74, 6) is -0.653. The molecular formula is C19H16N4O6S. The molecule has 0 fully saturated rings. The summed E-state index contributed by atoms with van der Waals surface area (Å²) in [6.07, 6.45) is 1.47. The number of nitrogens with zero attached hydrogens (tertiary/aromatic N) is 4. The molecule has 0 radical (unpaired) electrons. The van der Waals surface area contributed by atoms with Crippen molar-refractivity contribution in [1.82, 2.24) is 14.8 Å². The molecule has 3 aromatic rings. The summed E-state index contributed by atoms with van der Waals surface area (Å²) < 4.78 is 11.7. The second kappa shape index (κ2) is 9.18. The molecule has 0 unspecified atom stereocenters. The van der Waals surface area contributed by atoms with Gasteiger partial charge < -0.3 is 14.0 Å². The Hall–Kier alpha value is -3.73. The number of esters is 1. The lowest BCUT2D eigenvalue weighted by molar-refractivity contribution is -0.387. The van der Waals surface area contributed by atoms with Crippen LogP contribution in [0.3, 0.4) is 0 Å². The largest absolute Gasteiger partial charge is 0.497 e. The molecule has 0 bridgehead atoms. The van der Waals surface area contributed by atoms with Crippen molar-refractivity contribution in [3.63, 3.8) is 0 Å². The van der Waals surface area contributed by atoms with Crippen molar-refractivity contribution in [1.29, 1.82) is 0 Å². The van der Waals surface area contributed by atoms with Gasteiger partial charge in [-0.3, -0.25) is 14.9 Å². The summed E-state index contributed by atoms with van der Waals surface area (Å²) in [6.45, 7) is -0.492. The van der Waals surface area contributed by atoms with Crippen LogP contribution in [0.4, 0.5) is 5.69 Å². The highest BCUT2D eigenvalue weighted by Gasteiger charge is 2.21. The van der Waals surface area contributed by atoms with E-state index in [9.17, 15) is 19.7 Å². The number of carbonyl (C=O) groups excluding carboxylic acids is 2. The first-order valence-electron chi connectivity index (χ1n) is 8.53. The summed E-state index contributed by atoms with van der Waals surface area (Å²) >= 11 is 1.05. The fraction of sp³-hybridized carbons (Fsp3) is 0.158. The van der Waals surface area contributed by atoms with Crippen molar-refractivity contribution in [2.45, 2.75) is 10.1 Å². The SMILES string of the molecule is COc1ccc(C(=O)COC(=O)c2ccc(Sc3nncn3C)c([N+](=O)[O-])c2)cc1. The molecule has 0 amide bonds. The van der Waals surface area contributed by atoms with Crippen molar-refractivity contribution in [3.05, 3.63) is 70.0 Å². The number of rotatable bonds is 8. The van der Waals surface area contributed by atoms with Crippen LogP contribution in [0, 0.1) is 10.1 Å². The number of hydrogen-bond acceptors (Lipinski definition) is 9. The topological polar surface area (TPSA) is 126 Å². The minimum absolute atomic E-state index is 0.0356. The molecule has 11 heteroatoms. The molecule has 1 aromatic heterocycles. The van der Waals surface area contributed by atoms with Crippen LogP contribution in [0.2, 0.25) is 0 Å². The Morgan fingerprint density at radius 1 is 1.17 bits per heavy atom. The first-order valence-corrected chi connectivity index (χ1v) is 9.35. The van der Waals surface area contributed by atoms with E-state index < -0.39 is 23.3 Å². The number of Topliss-reactive ketones (excluding diaryl/α,β-unsaturated/α-hetero) is 1. The molecule has 30 heavy (non-hydrogen) atoms. The maximum Gasteiger partial charge on any atom is 0.338 e. The van der Waals surface area contributed by atoms with Crippen molar-refractivity contribution < 1.29 is 24.0 Å². The number of methoxy groups -OCH3 is 1. The quantitative estimate of drug-likeness (QED) is 0.230. The molecule has 0 aliphatic rings. The minimum atomic E-state index is -0.838. The number of nitro groups is 1. The average molecular weight is 428 g/mol. The van der Waals surface area contributed by atoms with Crippen LogP contribution < -0.4 is 4.74 Å². The molecular weight excluding hydrogens is 412 g/mol. The van der Waals surface area contributed by atoms with Crippen LogP contribution in [-0.2, 0) is 11.8 Å². The van der Waals surface area contributed by atoms with Gasteiger partial charge in [0.15, 0.2) is 17.5 Å². The van der Waals surface area contributed by atoms with E-state index in [2.05, 4.69) is 10.2 Å². The van der Waals surface area contributed by atoms with Crippen molar-refractivity contribution in [3.8, 4) is 5.75 Å². The van der Waals surface area contributed by atoms with Gasteiger partial charge in [0, 0.05) is 18.7 Å². The fourth-order valence-electron chi connectivity index (χ4n) is 2.41. The number of benzene rings is 2.